The van der Waals surface area contributed by atoms with Gasteiger partial charge < -0.3 is 10.6 Å². The number of pyridine rings is 1. The number of hydrogen-bond donors (Lipinski definition) is 2. The van der Waals surface area contributed by atoms with Crippen molar-refractivity contribution in [3.63, 3.8) is 0 Å². The fourth-order valence-electron chi connectivity index (χ4n) is 3.62. The van der Waals surface area contributed by atoms with Gasteiger partial charge in [0, 0.05) is 57.7 Å². The average molecular weight is 465 g/mol. The van der Waals surface area contributed by atoms with Gasteiger partial charge in [-0.05, 0) is 49.7 Å². The van der Waals surface area contributed by atoms with Gasteiger partial charge in [-0.1, -0.05) is 0 Å². The summed E-state index contributed by atoms with van der Waals surface area (Å²) in [6.45, 7) is 5.55. The van der Waals surface area contributed by atoms with Gasteiger partial charge in [0.15, 0.2) is 0 Å². The van der Waals surface area contributed by atoms with E-state index in [1.54, 1.807) is 24.4 Å². The van der Waals surface area contributed by atoms with Crippen LogP contribution in [0, 0.1) is 12.7 Å². The molecule has 1 fully saturated rings. The topological polar surface area (TPSA) is 97.9 Å². The number of carbonyl (C=O) groups excluding carboxylic acids is 1. The quantitative estimate of drug-likeness (QED) is 0.685. The molecule has 1 aromatic heterocycles. The number of rotatable bonds is 6. The van der Waals surface area contributed by atoms with Gasteiger partial charge in [0.05, 0.1) is 11.9 Å². The minimum Gasteiger partial charge on any atom is -0.308 e. The molecule has 2 amide bonds. The molecule has 3 rings (SSSR count). The number of piperazine rings is 1. The normalized spacial score (nSPS) is 18.0. The number of amides is 2. The van der Waals surface area contributed by atoms with E-state index in [1.807, 2.05) is 13.8 Å². The zero-order valence-electron chi connectivity index (χ0n) is 18.7. The molecule has 0 aliphatic carbocycles. The largest absolute Gasteiger partial charge is 0.323 e. The Balaban J connectivity index is 1.62. The molecule has 2 N–H and O–H groups in total. The zero-order chi connectivity index (χ0) is 23.5. The Kier molecular flexibility index (Phi) is 7.44. The summed E-state index contributed by atoms with van der Waals surface area (Å²) in [5.41, 5.74) is 2.39. The van der Waals surface area contributed by atoms with E-state index in [1.165, 1.54) is 34.8 Å². The van der Waals surface area contributed by atoms with Gasteiger partial charge in [0.2, 0.25) is 0 Å². The molecule has 11 heteroatoms. The van der Waals surface area contributed by atoms with Crippen LogP contribution in [0.15, 0.2) is 36.5 Å². The van der Waals surface area contributed by atoms with Crippen molar-refractivity contribution in [2.24, 2.45) is 0 Å². The number of aryl methyl sites for hydroxylation is 1. The van der Waals surface area contributed by atoms with E-state index in [0.717, 1.165) is 5.69 Å². The summed E-state index contributed by atoms with van der Waals surface area (Å²) in [5, 5.41) is 5.30. The lowest BCUT2D eigenvalue weighted by Gasteiger charge is -2.39. The third-order valence-corrected chi connectivity index (χ3v) is 7.26. The number of nitrogens with zero attached hydrogens (tertiary/aromatic N) is 4. The maximum Gasteiger partial charge on any atom is 0.323 e. The van der Waals surface area contributed by atoms with Crippen molar-refractivity contribution in [1.82, 2.24) is 18.5 Å². The first kappa shape index (κ1) is 24.1. The third-order valence-electron chi connectivity index (χ3n) is 5.20. The van der Waals surface area contributed by atoms with Crippen molar-refractivity contribution in [3.8, 4) is 0 Å². The molecule has 1 aliphatic rings. The Hall–Kier alpha value is -2.60. The van der Waals surface area contributed by atoms with Gasteiger partial charge in [-0.15, -0.1) is 0 Å². The highest BCUT2D eigenvalue weighted by Crippen LogP contribution is 2.20. The van der Waals surface area contributed by atoms with Gasteiger partial charge in [-0.25, -0.2) is 9.18 Å². The van der Waals surface area contributed by atoms with Crippen molar-refractivity contribution in [3.05, 3.63) is 53.6 Å². The fourth-order valence-corrected chi connectivity index (χ4v) is 4.87. The lowest BCUT2D eigenvalue weighted by molar-refractivity contribution is 0.133. The third kappa shape index (κ3) is 6.00. The second-order valence-electron chi connectivity index (χ2n) is 8.10. The molecule has 2 heterocycles. The fraction of sp³-hybridized carbons (Fsp3) is 0.429. The number of aromatic nitrogens is 1. The number of urea groups is 1. The van der Waals surface area contributed by atoms with E-state index in [0.29, 0.717) is 43.1 Å². The number of benzene rings is 1. The summed E-state index contributed by atoms with van der Waals surface area (Å²) in [6.07, 6.45) is 1.54. The predicted octanol–water partition coefficient (Wildman–Crippen LogP) is 2.49. The lowest BCUT2D eigenvalue weighted by atomic mass is 10.1. The Morgan fingerprint density at radius 3 is 2.53 bits per heavy atom. The van der Waals surface area contributed by atoms with Crippen LogP contribution in [0.4, 0.5) is 20.6 Å². The van der Waals surface area contributed by atoms with Gasteiger partial charge in [0.1, 0.15) is 5.82 Å². The molecule has 174 valence electrons. The number of hydrogen-bond acceptors (Lipinski definition) is 5. The van der Waals surface area contributed by atoms with E-state index in [9.17, 15) is 17.6 Å². The smallest absolute Gasteiger partial charge is 0.308 e. The van der Waals surface area contributed by atoms with Gasteiger partial charge in [-0.2, -0.15) is 17.0 Å². The summed E-state index contributed by atoms with van der Waals surface area (Å²) >= 11 is 0. The van der Waals surface area contributed by atoms with Crippen molar-refractivity contribution >= 4 is 27.6 Å². The maximum absolute atomic E-state index is 14.2. The Morgan fingerprint density at radius 1 is 1.19 bits per heavy atom. The molecule has 1 saturated heterocycles. The molecule has 0 radical (unpaired) electrons. The molecule has 2 aromatic rings. The predicted molar refractivity (Wildman–Crippen MR) is 122 cm³/mol. The van der Waals surface area contributed by atoms with Gasteiger partial charge in [-0.3, -0.25) is 9.88 Å². The highest BCUT2D eigenvalue weighted by molar-refractivity contribution is 7.86. The van der Waals surface area contributed by atoms with Crippen LogP contribution in [0.25, 0.3) is 0 Å². The summed E-state index contributed by atoms with van der Waals surface area (Å²) in [5.74, 6) is -0.461. The average Bonchev–Trinajstić information content (AvgIpc) is 2.69. The number of carbonyl (C=O) groups is 1. The molecule has 1 atom stereocenters. The highest BCUT2D eigenvalue weighted by atomic mass is 32.2. The summed E-state index contributed by atoms with van der Waals surface area (Å²) in [7, 11) is -0.449. The number of anilines is 2. The van der Waals surface area contributed by atoms with E-state index < -0.39 is 22.1 Å². The molecule has 0 saturated carbocycles. The molecule has 0 bridgehead atoms. The first-order valence-corrected chi connectivity index (χ1v) is 11.7. The van der Waals surface area contributed by atoms with Crippen LogP contribution >= 0.6 is 0 Å². The minimum absolute atomic E-state index is 0.212. The SMILES string of the molecule is Cc1ccc(NC(=O)Nc2cc(F)cc(CN3CCN(S(=O)(=O)N(C)C)C(C)C3)c2)cn1. The van der Waals surface area contributed by atoms with Crippen LogP contribution < -0.4 is 10.6 Å². The summed E-state index contributed by atoms with van der Waals surface area (Å²) in [6, 6.07) is 7.18. The molecule has 1 aliphatic heterocycles. The molecule has 1 unspecified atom stereocenters. The monoisotopic (exact) mass is 464 g/mol. The van der Waals surface area contributed by atoms with E-state index >= 15 is 0 Å². The van der Waals surface area contributed by atoms with E-state index in [2.05, 4.69) is 20.5 Å². The lowest BCUT2D eigenvalue weighted by Crippen LogP contribution is -2.56. The van der Waals surface area contributed by atoms with Crippen LogP contribution in [0.5, 0.6) is 0 Å². The molecule has 0 spiro atoms. The first-order chi connectivity index (χ1) is 15.0. The van der Waals surface area contributed by atoms with Crippen LogP contribution in [-0.2, 0) is 16.8 Å². The molecule has 9 nitrogen and oxygen atoms in total. The molecule has 1 aromatic carbocycles. The highest BCUT2D eigenvalue weighted by Gasteiger charge is 2.33. The van der Waals surface area contributed by atoms with Crippen LogP contribution in [0.2, 0.25) is 0 Å². The Bertz CT molecular complexity index is 1060. The van der Waals surface area contributed by atoms with E-state index in [-0.39, 0.29) is 6.04 Å². The van der Waals surface area contributed by atoms with Crippen molar-refractivity contribution in [2.45, 2.75) is 26.4 Å². The number of nitrogens with one attached hydrogen (secondary N) is 2. The standard InChI is InChI=1S/C21H29FN6O3S/c1-15-5-6-19(12-23-15)24-21(29)25-20-10-17(9-18(22)11-20)14-27-7-8-28(16(2)13-27)32(30,31)26(3)4/h5-6,9-12,16H,7-8,13-14H2,1-4H3,(H2,24,25,29). The summed E-state index contributed by atoms with van der Waals surface area (Å²) in [4.78, 5) is 18.4. The molecular weight excluding hydrogens is 435 g/mol. The van der Waals surface area contributed by atoms with Gasteiger partial charge >= 0.3 is 6.03 Å². The van der Waals surface area contributed by atoms with Crippen LogP contribution in [-0.4, -0.2) is 72.7 Å². The molecule has 32 heavy (non-hydrogen) atoms. The maximum atomic E-state index is 14.2. The Morgan fingerprint density at radius 2 is 1.91 bits per heavy atom. The second-order valence-corrected chi connectivity index (χ2v) is 10.2. The molecular formula is C21H29FN6O3S. The van der Waals surface area contributed by atoms with Crippen LogP contribution in [0.1, 0.15) is 18.2 Å². The first-order valence-electron chi connectivity index (χ1n) is 10.3. The van der Waals surface area contributed by atoms with Crippen molar-refractivity contribution in [1.29, 1.82) is 0 Å². The van der Waals surface area contributed by atoms with Crippen molar-refractivity contribution < 1.29 is 17.6 Å². The van der Waals surface area contributed by atoms with Crippen LogP contribution in [0.3, 0.4) is 0 Å². The van der Waals surface area contributed by atoms with E-state index in [4.69, 9.17) is 0 Å². The minimum atomic E-state index is -3.48. The van der Waals surface area contributed by atoms with Gasteiger partial charge in [0.25, 0.3) is 10.2 Å². The second kappa shape index (κ2) is 9.90. The Labute approximate surface area is 188 Å². The zero-order valence-corrected chi connectivity index (χ0v) is 19.5. The summed E-state index contributed by atoms with van der Waals surface area (Å²) < 4.78 is 41.8. The number of halogens is 1. The van der Waals surface area contributed by atoms with Crippen molar-refractivity contribution in [2.75, 3.05) is 44.4 Å².